The number of hydrogen-bond donors (Lipinski definition) is 0. The molecule has 0 unspecified atom stereocenters. The standard InChI is InChI=1S/C25H23N3O2S/c1-14-9-21-22(10-15(14)2)28-24(29)23(31-25(28)26-21)12-18-11-16(3)27(17(18)4)19-7-6-8-20(13-19)30-5/h6-13H,1-5H3/b23-12+. The molecule has 5 aromatic rings. The van der Waals surface area contributed by atoms with Crippen LogP contribution in [0.2, 0.25) is 0 Å². The molecule has 3 heterocycles. The van der Waals surface area contributed by atoms with Gasteiger partial charge in [0.05, 0.1) is 22.7 Å². The van der Waals surface area contributed by atoms with Crippen molar-refractivity contribution in [3.63, 3.8) is 0 Å². The van der Waals surface area contributed by atoms with Gasteiger partial charge in [0, 0.05) is 23.1 Å². The lowest BCUT2D eigenvalue weighted by Crippen LogP contribution is -2.22. The number of ether oxygens (including phenoxy) is 1. The van der Waals surface area contributed by atoms with Crippen molar-refractivity contribution < 1.29 is 4.74 Å². The second-order valence-corrected chi connectivity index (χ2v) is 8.94. The maximum absolute atomic E-state index is 13.2. The van der Waals surface area contributed by atoms with Gasteiger partial charge in [0.15, 0.2) is 4.96 Å². The van der Waals surface area contributed by atoms with Gasteiger partial charge in [0.1, 0.15) is 5.75 Å². The van der Waals surface area contributed by atoms with Gasteiger partial charge in [-0.2, -0.15) is 0 Å². The zero-order valence-corrected chi connectivity index (χ0v) is 19.0. The Morgan fingerprint density at radius 1 is 1.03 bits per heavy atom. The molecule has 6 heteroatoms. The second kappa shape index (κ2) is 7.10. The van der Waals surface area contributed by atoms with Crippen LogP contribution in [0.4, 0.5) is 0 Å². The van der Waals surface area contributed by atoms with Crippen molar-refractivity contribution in [1.82, 2.24) is 14.0 Å². The van der Waals surface area contributed by atoms with E-state index in [1.165, 1.54) is 16.9 Å². The molecule has 3 aromatic heterocycles. The summed E-state index contributed by atoms with van der Waals surface area (Å²) in [6.07, 6.45) is 1.98. The first kappa shape index (κ1) is 19.6. The van der Waals surface area contributed by atoms with Crippen LogP contribution >= 0.6 is 11.3 Å². The SMILES string of the molecule is COc1cccc(-n2c(C)cc(/C=c3/sc4nc5cc(C)c(C)cc5n4c3=O)c2C)c1. The molecule has 5 nitrogen and oxygen atoms in total. The molecular weight excluding hydrogens is 406 g/mol. The molecule has 0 aliphatic carbocycles. The number of imidazole rings is 1. The van der Waals surface area contributed by atoms with Crippen LogP contribution < -0.4 is 14.8 Å². The van der Waals surface area contributed by atoms with Crippen molar-refractivity contribution in [2.24, 2.45) is 0 Å². The van der Waals surface area contributed by atoms with Crippen molar-refractivity contribution in [3.8, 4) is 11.4 Å². The van der Waals surface area contributed by atoms with E-state index in [4.69, 9.17) is 9.72 Å². The van der Waals surface area contributed by atoms with E-state index in [0.29, 0.717) is 4.53 Å². The zero-order chi connectivity index (χ0) is 21.9. The highest BCUT2D eigenvalue weighted by Gasteiger charge is 2.14. The van der Waals surface area contributed by atoms with Crippen LogP contribution in [-0.4, -0.2) is 21.1 Å². The molecule has 0 N–H and O–H groups in total. The van der Waals surface area contributed by atoms with Crippen molar-refractivity contribution in [3.05, 3.63) is 85.4 Å². The third-order valence-corrected chi connectivity index (χ3v) is 6.89. The molecule has 0 bridgehead atoms. The van der Waals surface area contributed by atoms with Crippen LogP contribution in [0.3, 0.4) is 0 Å². The molecule has 0 aliphatic rings. The van der Waals surface area contributed by atoms with E-state index in [1.54, 1.807) is 11.5 Å². The van der Waals surface area contributed by atoms with E-state index in [0.717, 1.165) is 49.9 Å². The summed E-state index contributed by atoms with van der Waals surface area (Å²) in [5.74, 6) is 0.814. The molecular formula is C25H23N3O2S. The lowest BCUT2D eigenvalue weighted by molar-refractivity contribution is 0.414. The van der Waals surface area contributed by atoms with Crippen LogP contribution in [0, 0.1) is 27.7 Å². The second-order valence-electron chi connectivity index (χ2n) is 7.93. The Labute approximate surface area is 183 Å². The normalized spacial score (nSPS) is 12.4. The molecule has 156 valence electrons. The van der Waals surface area contributed by atoms with Gasteiger partial charge in [-0.05, 0) is 80.8 Å². The predicted octanol–water partition coefficient (Wildman–Crippen LogP) is 4.49. The van der Waals surface area contributed by atoms with Crippen molar-refractivity contribution in [1.29, 1.82) is 0 Å². The van der Waals surface area contributed by atoms with Gasteiger partial charge in [-0.1, -0.05) is 17.4 Å². The minimum atomic E-state index is -0.0167. The van der Waals surface area contributed by atoms with Gasteiger partial charge in [-0.3, -0.25) is 4.79 Å². The molecule has 0 saturated heterocycles. The Balaban J connectivity index is 1.68. The van der Waals surface area contributed by atoms with E-state index in [9.17, 15) is 4.79 Å². The van der Waals surface area contributed by atoms with Crippen molar-refractivity contribution >= 4 is 33.4 Å². The van der Waals surface area contributed by atoms with Gasteiger partial charge >= 0.3 is 0 Å². The van der Waals surface area contributed by atoms with Gasteiger partial charge in [0.25, 0.3) is 5.56 Å². The predicted molar refractivity (Wildman–Crippen MR) is 127 cm³/mol. The van der Waals surface area contributed by atoms with E-state index in [-0.39, 0.29) is 5.56 Å². The fraction of sp³-hybridized carbons (Fsp3) is 0.200. The minimum absolute atomic E-state index is 0.0167. The number of aromatic nitrogens is 3. The van der Waals surface area contributed by atoms with Gasteiger partial charge in [0.2, 0.25) is 0 Å². The Kier molecular flexibility index (Phi) is 4.48. The van der Waals surface area contributed by atoms with Crippen LogP contribution in [0.5, 0.6) is 5.75 Å². The van der Waals surface area contributed by atoms with Gasteiger partial charge in [-0.25, -0.2) is 9.38 Å². The number of benzene rings is 2. The Morgan fingerprint density at radius 2 is 1.81 bits per heavy atom. The van der Waals surface area contributed by atoms with E-state index >= 15 is 0 Å². The first-order valence-electron chi connectivity index (χ1n) is 10.1. The van der Waals surface area contributed by atoms with E-state index in [1.807, 2.05) is 24.3 Å². The summed E-state index contributed by atoms with van der Waals surface area (Å²) in [5.41, 5.74) is 8.31. The molecule has 0 fully saturated rings. The molecule has 31 heavy (non-hydrogen) atoms. The molecule has 0 spiro atoms. The fourth-order valence-electron chi connectivity index (χ4n) is 4.14. The lowest BCUT2D eigenvalue weighted by atomic mass is 10.1. The summed E-state index contributed by atoms with van der Waals surface area (Å²) in [7, 11) is 1.67. The topological polar surface area (TPSA) is 48.5 Å². The van der Waals surface area contributed by atoms with Crippen molar-refractivity contribution in [2.45, 2.75) is 27.7 Å². The first-order valence-corrected chi connectivity index (χ1v) is 11.0. The van der Waals surface area contributed by atoms with E-state index in [2.05, 4.69) is 56.5 Å². The van der Waals surface area contributed by atoms with Crippen LogP contribution in [0.25, 0.3) is 27.8 Å². The third kappa shape index (κ3) is 3.06. The summed E-state index contributed by atoms with van der Waals surface area (Å²) in [6.45, 7) is 8.27. The quantitative estimate of drug-likeness (QED) is 0.425. The van der Waals surface area contributed by atoms with Crippen molar-refractivity contribution in [2.75, 3.05) is 7.11 Å². The van der Waals surface area contributed by atoms with Crippen LogP contribution in [-0.2, 0) is 0 Å². The largest absolute Gasteiger partial charge is 0.497 e. The highest BCUT2D eigenvalue weighted by atomic mass is 32.1. The molecule has 0 amide bonds. The number of rotatable bonds is 3. The zero-order valence-electron chi connectivity index (χ0n) is 18.2. The summed E-state index contributed by atoms with van der Waals surface area (Å²) in [6, 6.07) is 14.2. The average molecular weight is 430 g/mol. The molecule has 2 aromatic carbocycles. The highest BCUT2D eigenvalue weighted by Crippen LogP contribution is 2.25. The minimum Gasteiger partial charge on any atom is -0.497 e. The van der Waals surface area contributed by atoms with Crippen LogP contribution in [0.15, 0.2) is 47.3 Å². The number of methoxy groups -OCH3 is 1. The molecule has 5 rings (SSSR count). The number of hydrogen-bond acceptors (Lipinski definition) is 4. The van der Waals surface area contributed by atoms with Gasteiger partial charge < -0.3 is 9.30 Å². The highest BCUT2D eigenvalue weighted by molar-refractivity contribution is 7.15. The monoisotopic (exact) mass is 429 g/mol. The fourth-order valence-corrected chi connectivity index (χ4v) is 5.12. The number of thiazole rings is 1. The molecule has 0 saturated carbocycles. The van der Waals surface area contributed by atoms with E-state index < -0.39 is 0 Å². The Morgan fingerprint density at radius 3 is 2.58 bits per heavy atom. The molecule has 0 atom stereocenters. The van der Waals surface area contributed by atoms with Crippen LogP contribution in [0.1, 0.15) is 28.1 Å². The summed E-state index contributed by atoms with van der Waals surface area (Å²) < 4.78 is 9.98. The summed E-state index contributed by atoms with van der Waals surface area (Å²) in [4.78, 5) is 18.7. The third-order valence-electron chi connectivity index (χ3n) is 5.92. The number of nitrogens with zero attached hydrogens (tertiary/aromatic N) is 3. The average Bonchev–Trinajstić information content (AvgIpc) is 3.33. The maximum Gasteiger partial charge on any atom is 0.274 e. The smallest absolute Gasteiger partial charge is 0.274 e. The Bertz CT molecular complexity index is 1590. The number of aryl methyl sites for hydroxylation is 3. The number of fused-ring (bicyclic) bond motifs is 3. The summed E-state index contributed by atoms with van der Waals surface area (Å²) in [5, 5.41) is 0. The lowest BCUT2D eigenvalue weighted by Gasteiger charge is -2.11. The van der Waals surface area contributed by atoms with Gasteiger partial charge in [-0.15, -0.1) is 0 Å². The summed E-state index contributed by atoms with van der Waals surface area (Å²) >= 11 is 1.44. The molecule has 0 aliphatic heterocycles. The first-order chi connectivity index (χ1) is 14.9. The molecule has 0 radical (unpaired) electrons. The maximum atomic E-state index is 13.2. The Hall–Kier alpha value is -3.38.